The summed E-state index contributed by atoms with van der Waals surface area (Å²) in [6, 6.07) is 13.3. The maximum Gasteiger partial charge on any atom is 0.243 e. The molecule has 1 aliphatic rings. The molecule has 3 atom stereocenters. The zero-order chi connectivity index (χ0) is 29.4. The predicted octanol–water partition coefficient (Wildman–Crippen LogP) is 4.18. The van der Waals surface area contributed by atoms with Crippen LogP contribution in [0.15, 0.2) is 71.9 Å². The van der Waals surface area contributed by atoms with Gasteiger partial charge < -0.3 is 15.7 Å². The number of rotatable bonds is 12. The molecule has 1 aliphatic carbocycles. The molecule has 9 nitrogen and oxygen atoms in total. The zero-order valence-corrected chi connectivity index (χ0v) is 26.1. The monoisotopic (exact) mass is 654 g/mol. The van der Waals surface area contributed by atoms with E-state index in [1.54, 1.807) is 24.5 Å². The van der Waals surface area contributed by atoms with Crippen molar-refractivity contribution < 1.29 is 27.5 Å². The summed E-state index contributed by atoms with van der Waals surface area (Å²) in [6.07, 6.45) is 6.64. The van der Waals surface area contributed by atoms with Crippen LogP contribution in [0.4, 0.5) is 4.39 Å². The Morgan fingerprint density at radius 1 is 1.09 bits per heavy atom. The van der Waals surface area contributed by atoms with Crippen LogP contribution in [0.1, 0.15) is 55.2 Å². The lowest BCUT2D eigenvalue weighted by molar-refractivity contribution is -0.129. The van der Waals surface area contributed by atoms with Gasteiger partial charge in [-0.1, -0.05) is 24.3 Å². The number of phenols is 1. The highest BCUT2D eigenvalue weighted by Crippen LogP contribution is 2.36. The van der Waals surface area contributed by atoms with Crippen LogP contribution < -0.4 is 15.4 Å². The molecule has 0 saturated carbocycles. The molecular formula is C30H37Cl2FN4O5S. The first-order valence-corrected chi connectivity index (χ1v) is 15.1. The highest BCUT2D eigenvalue weighted by Gasteiger charge is 2.33. The Balaban J connectivity index is 0.00000323. The van der Waals surface area contributed by atoms with Crippen molar-refractivity contribution in [3.63, 3.8) is 0 Å². The Morgan fingerprint density at radius 3 is 2.56 bits per heavy atom. The van der Waals surface area contributed by atoms with Gasteiger partial charge in [-0.05, 0) is 85.5 Å². The van der Waals surface area contributed by atoms with Crippen molar-refractivity contribution in [2.24, 2.45) is 0 Å². The van der Waals surface area contributed by atoms with Gasteiger partial charge in [-0.2, -0.15) is 0 Å². The van der Waals surface area contributed by atoms with E-state index in [2.05, 4.69) is 20.3 Å². The molecule has 0 radical (unpaired) electrons. The van der Waals surface area contributed by atoms with Crippen LogP contribution in [0.2, 0.25) is 0 Å². The largest absolute Gasteiger partial charge is 0.508 e. The predicted molar refractivity (Wildman–Crippen MR) is 167 cm³/mol. The Labute approximate surface area is 264 Å². The van der Waals surface area contributed by atoms with Gasteiger partial charge in [0.15, 0.2) is 0 Å². The molecule has 0 fully saturated rings. The molecule has 0 aliphatic heterocycles. The standard InChI is InChI=1S/C30H35FN4O5S.2ClH/c1-20(36)34-28(9-4-5-16-33-41(39,40)29-10-3-2-8-26(29)31)30(38)35-27-14-11-22-18-23(37)12-13-24(22)25(27)17-21-7-6-15-32-19-21;;/h2-3,6-8,10,12-13,15,18-19,25,27-28,33,37H,4-5,9,11,14,16-17H2,1H3,(H,34,36)(H,35,38);2*1H/t25-,27+,28+;;/m1../s1. The summed E-state index contributed by atoms with van der Waals surface area (Å²) in [7, 11) is -4.00. The minimum absolute atomic E-state index is 0. The number of unbranched alkanes of at least 4 members (excludes halogenated alkanes) is 1. The van der Waals surface area contributed by atoms with Crippen LogP contribution in [0, 0.1) is 5.82 Å². The Kier molecular flexibility index (Phi) is 13.8. The fourth-order valence-electron chi connectivity index (χ4n) is 5.32. The SMILES string of the molecule is CC(=O)N[C@@H](CCCCNS(=O)(=O)c1ccccc1F)C(=O)N[C@H]1CCc2cc(O)ccc2[C@H]1Cc1cccnc1.Cl.Cl. The van der Waals surface area contributed by atoms with E-state index in [9.17, 15) is 27.5 Å². The molecule has 234 valence electrons. The first-order chi connectivity index (χ1) is 19.6. The molecular weight excluding hydrogens is 618 g/mol. The van der Waals surface area contributed by atoms with Crippen LogP contribution >= 0.6 is 24.8 Å². The van der Waals surface area contributed by atoms with Gasteiger partial charge >= 0.3 is 0 Å². The van der Waals surface area contributed by atoms with Crippen molar-refractivity contribution in [2.75, 3.05) is 6.54 Å². The molecule has 1 aromatic heterocycles. The number of benzene rings is 2. The van der Waals surface area contributed by atoms with E-state index in [-0.39, 0.29) is 60.9 Å². The molecule has 2 aromatic carbocycles. The van der Waals surface area contributed by atoms with E-state index in [0.29, 0.717) is 38.5 Å². The maximum absolute atomic E-state index is 13.9. The van der Waals surface area contributed by atoms with Crippen LogP contribution in [0.5, 0.6) is 5.75 Å². The smallest absolute Gasteiger partial charge is 0.243 e. The molecule has 0 saturated heterocycles. The van der Waals surface area contributed by atoms with E-state index in [1.807, 2.05) is 18.2 Å². The van der Waals surface area contributed by atoms with Crippen molar-refractivity contribution >= 4 is 46.7 Å². The molecule has 2 amide bonds. The summed E-state index contributed by atoms with van der Waals surface area (Å²) >= 11 is 0. The molecule has 13 heteroatoms. The normalized spacial score (nSPS) is 16.5. The summed E-state index contributed by atoms with van der Waals surface area (Å²) in [5.74, 6) is -1.34. The van der Waals surface area contributed by atoms with Gasteiger partial charge in [-0.25, -0.2) is 17.5 Å². The number of aromatic nitrogens is 1. The lowest BCUT2D eigenvalue weighted by Crippen LogP contribution is -2.51. The Bertz CT molecular complexity index is 1480. The number of aryl methyl sites for hydroxylation is 1. The minimum Gasteiger partial charge on any atom is -0.508 e. The first-order valence-electron chi connectivity index (χ1n) is 13.7. The van der Waals surface area contributed by atoms with Crippen molar-refractivity contribution in [1.29, 1.82) is 0 Å². The third kappa shape index (κ3) is 9.89. The summed E-state index contributed by atoms with van der Waals surface area (Å²) in [4.78, 5) is 29.1. The summed E-state index contributed by atoms with van der Waals surface area (Å²) in [5.41, 5.74) is 3.12. The highest BCUT2D eigenvalue weighted by molar-refractivity contribution is 7.89. The van der Waals surface area contributed by atoms with Crippen molar-refractivity contribution in [1.82, 2.24) is 20.3 Å². The van der Waals surface area contributed by atoms with Gasteiger partial charge in [0.25, 0.3) is 0 Å². The number of fused-ring (bicyclic) bond motifs is 1. The molecule has 43 heavy (non-hydrogen) atoms. The molecule has 0 unspecified atom stereocenters. The molecule has 3 aromatic rings. The fourth-order valence-corrected chi connectivity index (χ4v) is 6.47. The first kappa shape index (κ1) is 35.9. The minimum atomic E-state index is -4.00. The van der Waals surface area contributed by atoms with E-state index in [0.717, 1.165) is 22.8 Å². The fraction of sp³-hybridized carbons (Fsp3) is 0.367. The van der Waals surface area contributed by atoms with Gasteiger partial charge in [0.2, 0.25) is 21.8 Å². The van der Waals surface area contributed by atoms with E-state index < -0.39 is 26.8 Å². The van der Waals surface area contributed by atoms with E-state index in [1.165, 1.54) is 25.1 Å². The second-order valence-corrected chi connectivity index (χ2v) is 12.0. The molecule has 1 heterocycles. The molecule has 0 bridgehead atoms. The van der Waals surface area contributed by atoms with Crippen LogP contribution in [-0.4, -0.2) is 49.0 Å². The molecule has 0 spiro atoms. The van der Waals surface area contributed by atoms with Gasteiger partial charge in [-0.3, -0.25) is 14.6 Å². The number of amides is 2. The number of phenolic OH excluding ortho intramolecular Hbond substituents is 1. The number of hydrogen-bond donors (Lipinski definition) is 4. The van der Waals surface area contributed by atoms with Crippen molar-refractivity contribution in [3.8, 4) is 5.75 Å². The molecule has 4 rings (SSSR count). The number of pyridine rings is 1. The maximum atomic E-state index is 13.9. The second kappa shape index (κ2) is 16.6. The number of nitrogens with one attached hydrogen (secondary N) is 3. The Hall–Kier alpha value is -3.25. The second-order valence-electron chi connectivity index (χ2n) is 10.3. The zero-order valence-electron chi connectivity index (χ0n) is 23.7. The third-order valence-electron chi connectivity index (χ3n) is 7.27. The van der Waals surface area contributed by atoms with E-state index >= 15 is 0 Å². The van der Waals surface area contributed by atoms with Gasteiger partial charge in [0, 0.05) is 37.8 Å². The average Bonchev–Trinajstić information content (AvgIpc) is 2.93. The lowest BCUT2D eigenvalue weighted by atomic mass is 9.76. The number of sulfonamides is 1. The average molecular weight is 656 g/mol. The third-order valence-corrected chi connectivity index (χ3v) is 8.77. The van der Waals surface area contributed by atoms with Gasteiger partial charge in [-0.15, -0.1) is 24.8 Å². The number of carbonyl (C=O) groups is 2. The Morgan fingerprint density at radius 2 is 1.86 bits per heavy atom. The summed E-state index contributed by atoms with van der Waals surface area (Å²) in [5, 5.41) is 15.9. The van der Waals surface area contributed by atoms with Crippen LogP contribution in [-0.2, 0) is 32.5 Å². The number of hydrogen-bond acceptors (Lipinski definition) is 6. The summed E-state index contributed by atoms with van der Waals surface area (Å²) < 4.78 is 41.1. The summed E-state index contributed by atoms with van der Waals surface area (Å²) in [6.45, 7) is 1.40. The number of aromatic hydroxyl groups is 1. The van der Waals surface area contributed by atoms with Crippen LogP contribution in [0.3, 0.4) is 0 Å². The number of nitrogens with zero attached hydrogens (tertiary/aromatic N) is 1. The van der Waals surface area contributed by atoms with Gasteiger partial charge in [0.1, 0.15) is 22.5 Å². The van der Waals surface area contributed by atoms with Crippen LogP contribution in [0.25, 0.3) is 0 Å². The van der Waals surface area contributed by atoms with Gasteiger partial charge in [0.05, 0.1) is 0 Å². The number of carbonyl (C=O) groups excluding carboxylic acids is 2. The lowest BCUT2D eigenvalue weighted by Gasteiger charge is -2.35. The van der Waals surface area contributed by atoms with Crippen molar-refractivity contribution in [2.45, 2.75) is 68.3 Å². The number of halogens is 3. The molecule has 4 N–H and O–H groups in total. The van der Waals surface area contributed by atoms with E-state index in [4.69, 9.17) is 0 Å². The quantitative estimate of drug-likeness (QED) is 0.216. The highest BCUT2D eigenvalue weighted by atomic mass is 35.5. The van der Waals surface area contributed by atoms with Crippen molar-refractivity contribution in [3.05, 3.63) is 89.5 Å². The topological polar surface area (TPSA) is 137 Å².